The topological polar surface area (TPSA) is 55.6 Å². The van der Waals surface area contributed by atoms with E-state index in [-0.39, 0.29) is 5.78 Å². The van der Waals surface area contributed by atoms with Gasteiger partial charge in [-0.15, -0.1) is 11.3 Å². The number of carbonyl (C=O) groups is 1. The van der Waals surface area contributed by atoms with Crippen LogP contribution in [0.5, 0.6) is 5.75 Å². The number of Topliss-reactive ketones (excluding diaryl/α,β-unsaturated/α-hetero) is 1. The molecule has 1 aliphatic rings. The number of hydrogen-bond acceptors (Lipinski definition) is 6. The molecule has 0 radical (unpaired) electrons. The Morgan fingerprint density at radius 3 is 2.67 bits per heavy atom. The number of carbonyl (C=O) groups excluding carboxylic acids is 1. The minimum Gasteiger partial charge on any atom is -0.492 e. The van der Waals surface area contributed by atoms with E-state index in [0.29, 0.717) is 22.7 Å². The number of thioether (sulfide) groups is 1. The third-order valence-electron chi connectivity index (χ3n) is 2.96. The first kappa shape index (κ1) is 13.5. The van der Waals surface area contributed by atoms with Crippen LogP contribution in [0.1, 0.15) is 23.0 Å². The number of rotatable bonds is 4. The summed E-state index contributed by atoms with van der Waals surface area (Å²) in [6.07, 6.45) is 0.475. The monoisotopic (exact) mass is 286 g/mol. The molecule has 1 aromatic rings. The summed E-state index contributed by atoms with van der Waals surface area (Å²) in [6.45, 7) is 3.83. The van der Waals surface area contributed by atoms with Gasteiger partial charge in [-0.2, -0.15) is 11.8 Å². The highest BCUT2D eigenvalue weighted by Gasteiger charge is 2.25. The van der Waals surface area contributed by atoms with Gasteiger partial charge in [0, 0.05) is 31.0 Å². The lowest BCUT2D eigenvalue weighted by atomic mass is 10.2. The zero-order valence-corrected chi connectivity index (χ0v) is 12.3. The first-order chi connectivity index (χ1) is 8.69. The molecule has 2 N–H and O–H groups in total. The Kier molecular flexibility index (Phi) is 4.40. The third-order valence-corrected chi connectivity index (χ3v) is 5.19. The normalized spacial score (nSPS) is 15.8. The van der Waals surface area contributed by atoms with Crippen molar-refractivity contribution in [3.05, 3.63) is 4.88 Å². The zero-order chi connectivity index (χ0) is 13.1. The molecule has 1 aromatic heterocycles. The molecule has 100 valence electrons. The molecular formula is C12H18N2O2S2. The molecule has 1 aliphatic heterocycles. The summed E-state index contributed by atoms with van der Waals surface area (Å²) in [4.78, 5) is 14.8. The number of hydrogen-bond donors (Lipinski definition) is 1. The van der Waals surface area contributed by atoms with Crippen molar-refractivity contribution in [2.24, 2.45) is 0 Å². The number of ether oxygens (including phenoxy) is 1. The number of methoxy groups -OCH3 is 1. The van der Waals surface area contributed by atoms with E-state index in [1.807, 2.05) is 18.7 Å². The molecule has 0 bridgehead atoms. The number of ketones is 1. The van der Waals surface area contributed by atoms with Gasteiger partial charge in [0.05, 0.1) is 17.7 Å². The average molecular weight is 286 g/mol. The summed E-state index contributed by atoms with van der Waals surface area (Å²) < 4.78 is 5.39. The van der Waals surface area contributed by atoms with Crippen LogP contribution in [-0.4, -0.2) is 37.5 Å². The molecule has 0 saturated carbocycles. The van der Waals surface area contributed by atoms with Crippen LogP contribution in [0.2, 0.25) is 0 Å². The van der Waals surface area contributed by atoms with Crippen LogP contribution >= 0.6 is 23.1 Å². The van der Waals surface area contributed by atoms with Gasteiger partial charge < -0.3 is 15.4 Å². The highest BCUT2D eigenvalue weighted by Crippen LogP contribution is 2.45. The highest BCUT2D eigenvalue weighted by molar-refractivity contribution is 7.99. The van der Waals surface area contributed by atoms with E-state index in [1.165, 1.54) is 11.3 Å². The van der Waals surface area contributed by atoms with Crippen molar-refractivity contribution in [1.82, 2.24) is 0 Å². The molecule has 0 aromatic carbocycles. The van der Waals surface area contributed by atoms with Crippen LogP contribution in [0, 0.1) is 0 Å². The fourth-order valence-corrected chi connectivity index (χ4v) is 4.11. The molecule has 0 aliphatic carbocycles. The van der Waals surface area contributed by atoms with Gasteiger partial charge in [0.15, 0.2) is 11.5 Å². The molecule has 2 rings (SSSR count). The van der Waals surface area contributed by atoms with Gasteiger partial charge in [0.2, 0.25) is 0 Å². The van der Waals surface area contributed by atoms with E-state index in [9.17, 15) is 4.79 Å². The lowest BCUT2D eigenvalue weighted by Gasteiger charge is -2.27. The molecule has 0 spiro atoms. The van der Waals surface area contributed by atoms with Crippen LogP contribution in [0.25, 0.3) is 0 Å². The van der Waals surface area contributed by atoms with E-state index in [1.54, 1.807) is 7.11 Å². The number of anilines is 2. The fourth-order valence-electron chi connectivity index (χ4n) is 1.96. The van der Waals surface area contributed by atoms with Gasteiger partial charge in [0.1, 0.15) is 5.00 Å². The van der Waals surface area contributed by atoms with Crippen molar-refractivity contribution in [3.63, 3.8) is 0 Å². The SMILES string of the molecule is CCC(=O)c1sc(N2CCSCC2)c(OC)c1N. The Morgan fingerprint density at radius 1 is 1.44 bits per heavy atom. The minimum atomic E-state index is 0.0911. The maximum absolute atomic E-state index is 11.9. The van der Waals surface area contributed by atoms with E-state index >= 15 is 0 Å². The van der Waals surface area contributed by atoms with E-state index in [2.05, 4.69) is 4.90 Å². The second-order valence-electron chi connectivity index (χ2n) is 4.06. The molecule has 0 atom stereocenters. The van der Waals surface area contributed by atoms with Crippen molar-refractivity contribution < 1.29 is 9.53 Å². The molecule has 1 saturated heterocycles. The predicted molar refractivity (Wildman–Crippen MR) is 79.4 cm³/mol. The minimum absolute atomic E-state index is 0.0911. The second-order valence-corrected chi connectivity index (χ2v) is 6.28. The van der Waals surface area contributed by atoms with Gasteiger partial charge >= 0.3 is 0 Å². The zero-order valence-electron chi connectivity index (χ0n) is 10.7. The quantitative estimate of drug-likeness (QED) is 0.862. The largest absolute Gasteiger partial charge is 0.492 e. The van der Waals surface area contributed by atoms with Gasteiger partial charge in [0.25, 0.3) is 0 Å². The predicted octanol–water partition coefficient (Wildman–Crippen LogP) is 2.48. The van der Waals surface area contributed by atoms with Gasteiger partial charge in [-0.05, 0) is 0 Å². The Hall–Kier alpha value is -0.880. The summed E-state index contributed by atoms with van der Waals surface area (Å²) in [7, 11) is 1.61. The molecule has 6 heteroatoms. The van der Waals surface area contributed by atoms with Crippen molar-refractivity contribution in [2.45, 2.75) is 13.3 Å². The molecule has 2 heterocycles. The molecule has 0 amide bonds. The lowest BCUT2D eigenvalue weighted by Crippen LogP contribution is -2.31. The summed E-state index contributed by atoms with van der Waals surface area (Å²) in [5, 5.41) is 1.01. The molecule has 18 heavy (non-hydrogen) atoms. The Bertz CT molecular complexity index is 440. The number of nitrogens with two attached hydrogens (primary N) is 1. The van der Waals surface area contributed by atoms with E-state index in [0.717, 1.165) is 29.6 Å². The van der Waals surface area contributed by atoms with Crippen LogP contribution in [0.3, 0.4) is 0 Å². The standard InChI is InChI=1S/C12H18N2O2S2/c1-3-8(15)11-9(13)10(16-2)12(18-11)14-4-6-17-7-5-14/h3-7,13H2,1-2H3. The number of nitrogen functional groups attached to an aromatic ring is 1. The Morgan fingerprint density at radius 2 is 2.11 bits per heavy atom. The maximum Gasteiger partial charge on any atom is 0.177 e. The number of thiophene rings is 1. The van der Waals surface area contributed by atoms with Gasteiger partial charge in [-0.1, -0.05) is 6.92 Å². The number of nitrogens with zero attached hydrogens (tertiary/aromatic N) is 1. The lowest BCUT2D eigenvalue weighted by molar-refractivity contribution is 0.0992. The van der Waals surface area contributed by atoms with Gasteiger partial charge in [-0.3, -0.25) is 4.79 Å². The van der Waals surface area contributed by atoms with Crippen molar-refractivity contribution in [3.8, 4) is 5.75 Å². The summed E-state index contributed by atoms with van der Waals surface area (Å²) in [6, 6.07) is 0. The molecule has 1 fully saturated rings. The van der Waals surface area contributed by atoms with Crippen molar-refractivity contribution >= 4 is 39.6 Å². The van der Waals surface area contributed by atoms with Crippen LogP contribution in [0.4, 0.5) is 10.7 Å². The first-order valence-corrected chi connectivity index (χ1v) is 7.98. The Labute approximate surface area is 115 Å². The van der Waals surface area contributed by atoms with Crippen molar-refractivity contribution in [2.75, 3.05) is 42.3 Å². The second kappa shape index (κ2) is 5.84. The Balaban J connectivity index is 2.36. The summed E-state index contributed by atoms with van der Waals surface area (Å²) in [5.41, 5.74) is 6.53. The van der Waals surface area contributed by atoms with E-state index < -0.39 is 0 Å². The van der Waals surface area contributed by atoms with Crippen molar-refractivity contribution in [1.29, 1.82) is 0 Å². The van der Waals surface area contributed by atoms with Crippen LogP contribution < -0.4 is 15.4 Å². The first-order valence-electron chi connectivity index (χ1n) is 6.01. The highest BCUT2D eigenvalue weighted by atomic mass is 32.2. The molecular weight excluding hydrogens is 268 g/mol. The summed E-state index contributed by atoms with van der Waals surface area (Å²) >= 11 is 3.42. The fraction of sp³-hybridized carbons (Fsp3) is 0.583. The average Bonchev–Trinajstić information content (AvgIpc) is 2.76. The smallest absolute Gasteiger partial charge is 0.177 e. The van der Waals surface area contributed by atoms with E-state index in [4.69, 9.17) is 10.5 Å². The third kappa shape index (κ3) is 2.44. The van der Waals surface area contributed by atoms with Crippen LogP contribution in [-0.2, 0) is 0 Å². The molecule has 4 nitrogen and oxygen atoms in total. The van der Waals surface area contributed by atoms with Gasteiger partial charge in [-0.25, -0.2) is 0 Å². The summed E-state index contributed by atoms with van der Waals surface area (Å²) in [5.74, 6) is 2.98. The maximum atomic E-state index is 11.9. The molecule has 0 unspecified atom stereocenters. The van der Waals surface area contributed by atoms with Crippen LogP contribution in [0.15, 0.2) is 0 Å².